The summed E-state index contributed by atoms with van der Waals surface area (Å²) < 4.78 is 7.42. The van der Waals surface area contributed by atoms with Crippen molar-refractivity contribution in [1.82, 2.24) is 25.3 Å². The van der Waals surface area contributed by atoms with Crippen molar-refractivity contribution in [3.63, 3.8) is 0 Å². The highest BCUT2D eigenvalue weighted by Crippen LogP contribution is 2.25. The number of ether oxygens (including phenoxy) is 1. The summed E-state index contributed by atoms with van der Waals surface area (Å²) in [5, 5.41) is 13.5. The van der Waals surface area contributed by atoms with Crippen LogP contribution in [0.2, 0.25) is 0 Å². The summed E-state index contributed by atoms with van der Waals surface area (Å²) in [5.74, 6) is 0.789. The van der Waals surface area contributed by atoms with Gasteiger partial charge in [-0.05, 0) is 23.6 Å². The number of nitrogens with one attached hydrogen (secondary N) is 2. The van der Waals surface area contributed by atoms with Crippen molar-refractivity contribution in [2.75, 3.05) is 39.9 Å². The Labute approximate surface area is 204 Å². The molecule has 0 spiro atoms. The van der Waals surface area contributed by atoms with E-state index >= 15 is 0 Å². The molecule has 0 aliphatic carbocycles. The summed E-state index contributed by atoms with van der Waals surface area (Å²) in [6, 6.07) is 14.8. The predicted octanol–water partition coefficient (Wildman–Crippen LogP) is 3.29. The number of benzene rings is 1. The summed E-state index contributed by atoms with van der Waals surface area (Å²) in [4.78, 5) is 8.24. The molecule has 2 aromatic heterocycles. The van der Waals surface area contributed by atoms with Gasteiger partial charge in [0, 0.05) is 49.9 Å². The average Bonchev–Trinajstić information content (AvgIpc) is 3.50. The van der Waals surface area contributed by atoms with Crippen LogP contribution >= 0.6 is 35.3 Å². The van der Waals surface area contributed by atoms with Crippen LogP contribution in [0.4, 0.5) is 0 Å². The van der Waals surface area contributed by atoms with E-state index in [0.717, 1.165) is 50.1 Å². The van der Waals surface area contributed by atoms with E-state index in [0.29, 0.717) is 12.6 Å². The lowest BCUT2D eigenvalue weighted by atomic mass is 10.2. The fourth-order valence-electron chi connectivity index (χ4n) is 3.55. The molecular weight excluding hydrogens is 523 g/mol. The molecule has 0 amide bonds. The molecular formula is C22H29IN6OS. The van der Waals surface area contributed by atoms with Gasteiger partial charge < -0.3 is 15.4 Å². The van der Waals surface area contributed by atoms with Gasteiger partial charge in [-0.15, -0.1) is 35.3 Å². The predicted molar refractivity (Wildman–Crippen MR) is 137 cm³/mol. The zero-order valence-electron chi connectivity index (χ0n) is 17.6. The van der Waals surface area contributed by atoms with Crippen LogP contribution in [0.5, 0.6) is 0 Å². The molecule has 1 fully saturated rings. The number of para-hydroxylation sites is 1. The Bertz CT molecular complexity index is 925. The van der Waals surface area contributed by atoms with Crippen LogP contribution in [-0.2, 0) is 11.3 Å². The Balaban J connectivity index is 0.00000272. The molecule has 1 aliphatic heterocycles. The van der Waals surface area contributed by atoms with Crippen LogP contribution in [0, 0.1) is 0 Å². The van der Waals surface area contributed by atoms with Crippen molar-refractivity contribution in [3.8, 4) is 5.69 Å². The van der Waals surface area contributed by atoms with E-state index in [9.17, 15) is 0 Å². The molecule has 7 nitrogen and oxygen atoms in total. The van der Waals surface area contributed by atoms with E-state index in [1.807, 2.05) is 47.4 Å². The van der Waals surface area contributed by atoms with Gasteiger partial charge in [0.25, 0.3) is 0 Å². The van der Waals surface area contributed by atoms with E-state index in [1.54, 1.807) is 18.4 Å². The number of morpholine rings is 1. The van der Waals surface area contributed by atoms with Crippen LogP contribution in [0.3, 0.4) is 0 Å². The highest BCUT2D eigenvalue weighted by atomic mass is 127. The first-order valence-electron chi connectivity index (χ1n) is 10.2. The number of aromatic nitrogens is 2. The Morgan fingerprint density at radius 3 is 2.68 bits per heavy atom. The molecule has 1 saturated heterocycles. The Morgan fingerprint density at radius 1 is 1.16 bits per heavy atom. The summed E-state index contributed by atoms with van der Waals surface area (Å²) in [6.07, 6.45) is 3.92. The second-order valence-corrected chi connectivity index (χ2v) is 8.09. The minimum atomic E-state index is 0. The number of aliphatic imine (C=N–C) groups is 1. The molecule has 0 saturated carbocycles. The number of rotatable bonds is 7. The first kappa shape index (κ1) is 23.7. The molecule has 1 aromatic carbocycles. The number of thiophene rings is 1. The van der Waals surface area contributed by atoms with Crippen molar-refractivity contribution in [2.24, 2.45) is 4.99 Å². The second kappa shape index (κ2) is 12.2. The zero-order chi connectivity index (χ0) is 20.6. The Kier molecular flexibility index (Phi) is 9.31. The minimum Gasteiger partial charge on any atom is -0.379 e. The molecule has 166 valence electrons. The number of halogens is 1. The van der Waals surface area contributed by atoms with Crippen LogP contribution in [0.1, 0.15) is 16.5 Å². The fourth-order valence-corrected chi connectivity index (χ4v) is 4.41. The lowest BCUT2D eigenvalue weighted by Crippen LogP contribution is -2.46. The molecule has 4 rings (SSSR count). The molecule has 1 atom stereocenters. The summed E-state index contributed by atoms with van der Waals surface area (Å²) in [5.41, 5.74) is 2.15. The average molecular weight is 552 g/mol. The molecule has 0 radical (unpaired) electrons. The summed E-state index contributed by atoms with van der Waals surface area (Å²) in [6.45, 7) is 4.95. The second-order valence-electron chi connectivity index (χ2n) is 7.11. The quantitative estimate of drug-likeness (QED) is 0.268. The summed E-state index contributed by atoms with van der Waals surface area (Å²) in [7, 11) is 1.80. The van der Waals surface area contributed by atoms with Crippen molar-refractivity contribution >= 4 is 41.3 Å². The number of nitrogens with zero attached hydrogens (tertiary/aromatic N) is 4. The number of hydrogen-bond acceptors (Lipinski definition) is 5. The molecule has 3 heterocycles. The monoisotopic (exact) mass is 552 g/mol. The van der Waals surface area contributed by atoms with Gasteiger partial charge in [0.1, 0.15) is 0 Å². The van der Waals surface area contributed by atoms with Crippen molar-refractivity contribution < 1.29 is 4.74 Å². The van der Waals surface area contributed by atoms with Crippen molar-refractivity contribution in [3.05, 3.63) is 70.7 Å². The topological polar surface area (TPSA) is 66.7 Å². The van der Waals surface area contributed by atoms with E-state index in [1.165, 1.54) is 4.88 Å². The van der Waals surface area contributed by atoms with Gasteiger partial charge in [-0.3, -0.25) is 9.89 Å². The van der Waals surface area contributed by atoms with Gasteiger partial charge in [0.15, 0.2) is 5.96 Å². The van der Waals surface area contributed by atoms with E-state index in [2.05, 4.69) is 43.1 Å². The number of guanidine groups is 1. The Morgan fingerprint density at radius 2 is 1.97 bits per heavy atom. The molecule has 1 unspecified atom stereocenters. The maximum atomic E-state index is 5.53. The van der Waals surface area contributed by atoms with Crippen LogP contribution < -0.4 is 10.6 Å². The van der Waals surface area contributed by atoms with Crippen LogP contribution in [0.15, 0.2) is 65.2 Å². The lowest BCUT2D eigenvalue weighted by Gasteiger charge is -2.34. The first-order valence-corrected chi connectivity index (χ1v) is 11.1. The number of hydrogen-bond donors (Lipinski definition) is 2. The van der Waals surface area contributed by atoms with Gasteiger partial charge in [0.2, 0.25) is 0 Å². The van der Waals surface area contributed by atoms with Gasteiger partial charge >= 0.3 is 0 Å². The highest BCUT2D eigenvalue weighted by molar-refractivity contribution is 14.0. The highest BCUT2D eigenvalue weighted by Gasteiger charge is 2.23. The maximum Gasteiger partial charge on any atom is 0.191 e. The molecule has 0 bridgehead atoms. The lowest BCUT2D eigenvalue weighted by molar-refractivity contribution is 0.0177. The third-order valence-corrected chi connectivity index (χ3v) is 6.13. The molecule has 31 heavy (non-hydrogen) atoms. The standard InChI is InChI=1S/C22H28N6OS.HI/c1-23-22(24-14-18-15-26-28(17-18)19-6-3-2-4-7-19)25-16-20(21-8-5-13-30-21)27-9-11-29-12-10-27;/h2-8,13,15,17,20H,9-12,14,16H2,1H3,(H2,23,24,25);1H. The van der Waals surface area contributed by atoms with E-state index in [4.69, 9.17) is 4.74 Å². The van der Waals surface area contributed by atoms with Gasteiger partial charge in [-0.2, -0.15) is 5.10 Å². The van der Waals surface area contributed by atoms with Gasteiger partial charge in [0.05, 0.1) is 31.1 Å². The van der Waals surface area contributed by atoms with Gasteiger partial charge in [-0.1, -0.05) is 24.3 Å². The van der Waals surface area contributed by atoms with Crippen LogP contribution in [0.25, 0.3) is 5.69 Å². The third-order valence-electron chi connectivity index (χ3n) is 5.16. The van der Waals surface area contributed by atoms with E-state index in [-0.39, 0.29) is 24.0 Å². The SMILES string of the molecule is CN=C(NCc1cnn(-c2ccccc2)c1)NCC(c1cccs1)N1CCOCC1.I. The van der Waals surface area contributed by atoms with Crippen molar-refractivity contribution in [2.45, 2.75) is 12.6 Å². The zero-order valence-corrected chi connectivity index (χ0v) is 20.8. The Hall–Kier alpha value is -1.95. The molecule has 1 aliphatic rings. The van der Waals surface area contributed by atoms with E-state index < -0.39 is 0 Å². The van der Waals surface area contributed by atoms with Gasteiger partial charge in [-0.25, -0.2) is 4.68 Å². The fraction of sp³-hybridized carbons (Fsp3) is 0.364. The van der Waals surface area contributed by atoms with Crippen LogP contribution in [-0.4, -0.2) is 60.5 Å². The summed E-state index contributed by atoms with van der Waals surface area (Å²) >= 11 is 1.80. The molecule has 3 aromatic rings. The molecule has 9 heteroatoms. The maximum absolute atomic E-state index is 5.53. The smallest absolute Gasteiger partial charge is 0.191 e. The largest absolute Gasteiger partial charge is 0.379 e. The molecule has 2 N–H and O–H groups in total. The minimum absolute atomic E-state index is 0. The third kappa shape index (κ3) is 6.52. The van der Waals surface area contributed by atoms with Crippen molar-refractivity contribution in [1.29, 1.82) is 0 Å². The first-order chi connectivity index (χ1) is 14.8. The normalized spacial score (nSPS) is 15.8.